The third-order valence-electron chi connectivity index (χ3n) is 2.06. The van der Waals surface area contributed by atoms with E-state index in [1.807, 2.05) is 0 Å². The van der Waals surface area contributed by atoms with Crippen LogP contribution in [0.3, 0.4) is 0 Å². The summed E-state index contributed by atoms with van der Waals surface area (Å²) in [5.74, 6) is -2.68. The van der Waals surface area contributed by atoms with Gasteiger partial charge in [0.25, 0.3) is 5.91 Å². The summed E-state index contributed by atoms with van der Waals surface area (Å²) in [7, 11) is 1.18. The topological polar surface area (TPSA) is 117 Å². The maximum Gasteiger partial charge on any atom is 0.341 e. The van der Waals surface area contributed by atoms with Gasteiger partial charge in [0.05, 0.1) is 7.11 Å². The molecule has 0 atom stereocenters. The van der Waals surface area contributed by atoms with Gasteiger partial charge >= 0.3 is 5.97 Å². The molecule has 0 aliphatic heterocycles. The Balaban J connectivity index is 2.82. The van der Waals surface area contributed by atoms with Crippen LogP contribution in [0.15, 0.2) is 30.4 Å². The molecular formula is C12H11N2O5. The number of hydrogen-bond acceptors (Lipinski definition) is 5. The lowest BCUT2D eigenvalue weighted by Crippen LogP contribution is -2.09. The first-order valence-corrected chi connectivity index (χ1v) is 5.10. The number of ether oxygens (including phenoxy) is 1. The monoisotopic (exact) mass is 263 g/mol. The first kappa shape index (κ1) is 14.2. The summed E-state index contributed by atoms with van der Waals surface area (Å²) in [5.41, 5.74) is 6.79. The number of carbonyl (C=O) groups is 3. The number of carbonyl (C=O) groups excluding carboxylic acids is 3. The van der Waals surface area contributed by atoms with Crippen molar-refractivity contribution in [3.63, 3.8) is 0 Å². The lowest BCUT2D eigenvalue weighted by Gasteiger charge is -2.06. The van der Waals surface area contributed by atoms with Crippen molar-refractivity contribution in [3.8, 4) is 5.75 Å². The highest BCUT2D eigenvalue weighted by Crippen LogP contribution is 2.22. The van der Waals surface area contributed by atoms with Crippen LogP contribution in [-0.2, 0) is 14.3 Å². The zero-order valence-corrected chi connectivity index (χ0v) is 9.97. The molecule has 0 saturated heterocycles. The molecule has 0 aliphatic rings. The molecule has 0 heterocycles. The molecule has 0 unspecified atom stereocenters. The highest BCUT2D eigenvalue weighted by Gasteiger charge is 2.12. The third kappa shape index (κ3) is 4.15. The van der Waals surface area contributed by atoms with Crippen molar-refractivity contribution in [3.05, 3.63) is 35.9 Å². The third-order valence-corrected chi connectivity index (χ3v) is 2.06. The summed E-state index contributed by atoms with van der Waals surface area (Å²) in [6.07, 6.45) is 1.68. The smallest absolute Gasteiger partial charge is 0.341 e. The quantitative estimate of drug-likeness (QED) is 0.605. The SMILES string of the molecule is COC(=O)c1ccc(NC(=O)/C=C/C([NH])=O)cc1O. The van der Waals surface area contributed by atoms with Crippen molar-refractivity contribution in [2.45, 2.75) is 0 Å². The Morgan fingerprint density at radius 2 is 2.00 bits per heavy atom. The molecule has 2 amide bonds. The predicted octanol–water partition coefficient (Wildman–Crippen LogP) is 0.483. The first-order chi connectivity index (χ1) is 8.93. The van der Waals surface area contributed by atoms with E-state index in [2.05, 4.69) is 10.1 Å². The summed E-state index contributed by atoms with van der Waals surface area (Å²) < 4.78 is 4.45. The molecule has 0 fully saturated rings. The Kier molecular flexibility index (Phi) is 4.64. The molecular weight excluding hydrogens is 252 g/mol. The van der Waals surface area contributed by atoms with Gasteiger partial charge in [0, 0.05) is 23.9 Å². The minimum atomic E-state index is -1.00. The van der Waals surface area contributed by atoms with Crippen molar-refractivity contribution in [2.24, 2.45) is 0 Å². The molecule has 1 radical (unpaired) electrons. The van der Waals surface area contributed by atoms with Crippen LogP contribution < -0.4 is 11.1 Å². The molecule has 99 valence electrons. The lowest BCUT2D eigenvalue weighted by atomic mass is 10.2. The second kappa shape index (κ2) is 6.20. The van der Waals surface area contributed by atoms with E-state index in [1.165, 1.54) is 25.3 Å². The van der Waals surface area contributed by atoms with Gasteiger partial charge in [0.2, 0.25) is 5.91 Å². The molecule has 0 saturated carbocycles. The fraction of sp³-hybridized carbons (Fsp3) is 0.0833. The Bertz CT molecular complexity index is 551. The second-order valence-electron chi connectivity index (χ2n) is 3.41. The molecule has 19 heavy (non-hydrogen) atoms. The van der Waals surface area contributed by atoms with E-state index in [9.17, 15) is 19.5 Å². The number of nitrogens with one attached hydrogen (secondary N) is 2. The average Bonchev–Trinajstić information content (AvgIpc) is 2.35. The Morgan fingerprint density at radius 1 is 1.32 bits per heavy atom. The molecule has 1 aromatic rings. The summed E-state index contributed by atoms with van der Waals surface area (Å²) in [6.45, 7) is 0. The molecule has 0 aliphatic carbocycles. The van der Waals surface area contributed by atoms with Gasteiger partial charge in [-0.3, -0.25) is 15.3 Å². The second-order valence-corrected chi connectivity index (χ2v) is 3.41. The van der Waals surface area contributed by atoms with Crippen molar-refractivity contribution in [2.75, 3.05) is 12.4 Å². The van der Waals surface area contributed by atoms with Crippen molar-refractivity contribution in [1.82, 2.24) is 5.73 Å². The van der Waals surface area contributed by atoms with Gasteiger partial charge in [0.1, 0.15) is 11.3 Å². The minimum absolute atomic E-state index is 0.0302. The number of hydrogen-bond donors (Lipinski definition) is 2. The highest BCUT2D eigenvalue weighted by molar-refractivity contribution is 6.03. The van der Waals surface area contributed by atoms with Gasteiger partial charge in [-0.2, -0.15) is 0 Å². The standard InChI is InChI=1S/C12H11N2O5/c1-19-12(18)8-3-2-7(6-9(8)15)14-11(17)5-4-10(13)16/h2-6,13,15H,1H3,(H,14,17)/b5-4+. The molecule has 7 heteroatoms. The average molecular weight is 263 g/mol. The molecule has 0 spiro atoms. The summed E-state index contributed by atoms with van der Waals surface area (Å²) in [6, 6.07) is 3.84. The number of phenolic OH excluding ortho intramolecular Hbond substituents is 1. The normalized spacial score (nSPS) is 10.2. The summed E-state index contributed by atoms with van der Waals surface area (Å²) >= 11 is 0. The largest absolute Gasteiger partial charge is 0.507 e. The van der Waals surface area contributed by atoms with Gasteiger partial charge in [-0.05, 0) is 12.1 Å². The van der Waals surface area contributed by atoms with Crippen molar-refractivity contribution in [1.29, 1.82) is 0 Å². The van der Waals surface area contributed by atoms with Crippen LogP contribution >= 0.6 is 0 Å². The molecule has 3 N–H and O–H groups in total. The fourth-order valence-corrected chi connectivity index (χ4v) is 1.23. The van der Waals surface area contributed by atoms with Crippen LogP contribution in [0.1, 0.15) is 10.4 Å². The fourth-order valence-electron chi connectivity index (χ4n) is 1.23. The zero-order valence-electron chi connectivity index (χ0n) is 9.97. The van der Waals surface area contributed by atoms with E-state index in [-0.39, 0.29) is 17.0 Å². The van der Waals surface area contributed by atoms with Gasteiger partial charge in [-0.25, -0.2) is 4.79 Å². The number of methoxy groups -OCH3 is 1. The maximum atomic E-state index is 11.3. The van der Waals surface area contributed by atoms with Crippen LogP contribution in [0.4, 0.5) is 5.69 Å². The van der Waals surface area contributed by atoms with Crippen LogP contribution in [0.25, 0.3) is 0 Å². The van der Waals surface area contributed by atoms with Crippen LogP contribution in [-0.4, -0.2) is 30.0 Å². The highest BCUT2D eigenvalue weighted by atomic mass is 16.5. The maximum absolute atomic E-state index is 11.3. The van der Waals surface area contributed by atoms with Crippen LogP contribution in [0.5, 0.6) is 5.75 Å². The van der Waals surface area contributed by atoms with Gasteiger partial charge in [-0.1, -0.05) is 0 Å². The van der Waals surface area contributed by atoms with E-state index < -0.39 is 17.8 Å². The van der Waals surface area contributed by atoms with Crippen molar-refractivity contribution >= 4 is 23.5 Å². The van der Waals surface area contributed by atoms with Gasteiger partial charge < -0.3 is 15.2 Å². The number of esters is 1. The molecule has 0 bridgehead atoms. The number of benzene rings is 1. The predicted molar refractivity (Wildman–Crippen MR) is 65.3 cm³/mol. The number of anilines is 1. The van der Waals surface area contributed by atoms with Crippen molar-refractivity contribution < 1.29 is 24.2 Å². The number of phenols is 1. The molecule has 1 aromatic carbocycles. The van der Waals surface area contributed by atoms with Crippen LogP contribution in [0.2, 0.25) is 0 Å². The Morgan fingerprint density at radius 3 is 2.53 bits per heavy atom. The van der Waals surface area contributed by atoms with E-state index in [0.717, 1.165) is 12.2 Å². The van der Waals surface area contributed by atoms with Gasteiger partial charge in [0.15, 0.2) is 0 Å². The zero-order chi connectivity index (χ0) is 14.4. The van der Waals surface area contributed by atoms with Crippen LogP contribution in [0, 0.1) is 0 Å². The molecule has 0 aromatic heterocycles. The first-order valence-electron chi connectivity index (χ1n) is 5.10. The number of aromatic hydroxyl groups is 1. The van der Waals surface area contributed by atoms with E-state index in [4.69, 9.17) is 5.73 Å². The summed E-state index contributed by atoms with van der Waals surface area (Å²) in [5, 5.41) is 11.9. The minimum Gasteiger partial charge on any atom is -0.507 e. The lowest BCUT2D eigenvalue weighted by molar-refractivity contribution is -0.115. The van der Waals surface area contributed by atoms with Gasteiger partial charge in [-0.15, -0.1) is 0 Å². The molecule has 1 rings (SSSR count). The van der Waals surface area contributed by atoms with E-state index in [0.29, 0.717) is 0 Å². The number of amides is 2. The Hall–Kier alpha value is -2.83. The van der Waals surface area contributed by atoms with E-state index in [1.54, 1.807) is 0 Å². The number of rotatable bonds is 4. The molecule has 7 nitrogen and oxygen atoms in total. The Labute approximate surface area is 108 Å². The summed E-state index contributed by atoms with van der Waals surface area (Å²) in [4.78, 5) is 32.8. The van der Waals surface area contributed by atoms with E-state index >= 15 is 0 Å².